The largest absolute Gasteiger partial charge is 0.354 e. The number of amides is 2. The molecule has 32 heavy (non-hydrogen) atoms. The topological polar surface area (TPSA) is 117 Å². The smallest absolute Gasteiger partial charge is 0.252 e. The van der Waals surface area contributed by atoms with E-state index in [0.29, 0.717) is 5.56 Å². The van der Waals surface area contributed by atoms with Gasteiger partial charge in [0.15, 0.2) is 6.29 Å². The van der Waals surface area contributed by atoms with Gasteiger partial charge in [-0.15, -0.1) is 0 Å². The number of imide groups is 1. The molecule has 1 aliphatic rings. The number of nitrogens with zero attached hydrogens (tertiary/aromatic N) is 3. The molecule has 0 saturated carbocycles. The van der Waals surface area contributed by atoms with E-state index >= 15 is 0 Å². The standard InChI is InChI=1S/C22H23N3O6S/c1-15-4-10-18(11-5-15)32(28,29)24(14-21(30-2)31-3)19-12-20(26)25(22(19)27)17-8-6-16(13-23)7-9-17/h4-11,19,21H,12,14H2,1-3H3. The van der Waals surface area contributed by atoms with Gasteiger partial charge in [-0.05, 0) is 43.3 Å². The highest BCUT2D eigenvalue weighted by Crippen LogP contribution is 2.30. The third-order valence-corrected chi connectivity index (χ3v) is 7.10. The predicted molar refractivity (Wildman–Crippen MR) is 115 cm³/mol. The van der Waals surface area contributed by atoms with Crippen molar-refractivity contribution in [2.45, 2.75) is 30.6 Å². The van der Waals surface area contributed by atoms with Crippen LogP contribution in [-0.2, 0) is 29.1 Å². The fraction of sp³-hybridized carbons (Fsp3) is 0.318. The summed E-state index contributed by atoms with van der Waals surface area (Å²) < 4.78 is 38.2. The van der Waals surface area contributed by atoms with Gasteiger partial charge in [0.25, 0.3) is 5.91 Å². The Morgan fingerprint density at radius 3 is 2.22 bits per heavy atom. The molecule has 0 aromatic heterocycles. The summed E-state index contributed by atoms with van der Waals surface area (Å²) >= 11 is 0. The maximum atomic E-state index is 13.5. The van der Waals surface area contributed by atoms with Crippen molar-refractivity contribution >= 4 is 27.5 Å². The summed E-state index contributed by atoms with van der Waals surface area (Å²) in [5, 5.41) is 8.96. The van der Waals surface area contributed by atoms with E-state index in [2.05, 4.69) is 0 Å². The van der Waals surface area contributed by atoms with Crippen molar-refractivity contribution in [1.82, 2.24) is 4.31 Å². The number of hydrogen-bond donors (Lipinski definition) is 0. The molecule has 1 fully saturated rings. The zero-order chi connectivity index (χ0) is 23.5. The number of methoxy groups -OCH3 is 2. The van der Waals surface area contributed by atoms with Gasteiger partial charge in [0.1, 0.15) is 6.04 Å². The molecule has 0 N–H and O–H groups in total. The van der Waals surface area contributed by atoms with Gasteiger partial charge in [-0.1, -0.05) is 17.7 Å². The molecular weight excluding hydrogens is 434 g/mol. The van der Waals surface area contributed by atoms with Crippen LogP contribution in [0.15, 0.2) is 53.4 Å². The first-order valence-corrected chi connectivity index (χ1v) is 11.2. The van der Waals surface area contributed by atoms with Crippen LogP contribution >= 0.6 is 0 Å². The van der Waals surface area contributed by atoms with Crippen LogP contribution < -0.4 is 4.90 Å². The molecule has 0 spiro atoms. The third kappa shape index (κ3) is 4.56. The number of aryl methyl sites for hydroxylation is 1. The zero-order valence-electron chi connectivity index (χ0n) is 17.9. The van der Waals surface area contributed by atoms with Gasteiger partial charge in [-0.25, -0.2) is 13.3 Å². The summed E-state index contributed by atoms with van der Waals surface area (Å²) in [6.45, 7) is 1.54. The van der Waals surface area contributed by atoms with Crippen molar-refractivity contribution in [3.63, 3.8) is 0 Å². The summed E-state index contributed by atoms with van der Waals surface area (Å²) in [7, 11) is -1.45. The number of carbonyl (C=O) groups excluding carboxylic acids is 2. The van der Waals surface area contributed by atoms with E-state index in [-0.39, 0.29) is 23.5 Å². The molecule has 168 valence electrons. The minimum atomic E-state index is -4.16. The summed E-state index contributed by atoms with van der Waals surface area (Å²) in [4.78, 5) is 26.9. The van der Waals surface area contributed by atoms with Crippen molar-refractivity contribution < 1.29 is 27.5 Å². The van der Waals surface area contributed by atoms with E-state index in [1.165, 1.54) is 50.6 Å². The molecule has 2 amide bonds. The molecule has 1 aliphatic heterocycles. The van der Waals surface area contributed by atoms with E-state index in [1.807, 2.05) is 13.0 Å². The quantitative estimate of drug-likeness (QED) is 0.438. The van der Waals surface area contributed by atoms with Crippen molar-refractivity contribution in [3.05, 3.63) is 59.7 Å². The van der Waals surface area contributed by atoms with Gasteiger partial charge in [0.05, 0.1) is 35.2 Å². The van der Waals surface area contributed by atoms with Crippen LogP contribution in [0, 0.1) is 18.3 Å². The minimum Gasteiger partial charge on any atom is -0.354 e. The summed E-state index contributed by atoms with van der Waals surface area (Å²) in [6, 6.07) is 12.8. The number of ether oxygens (including phenoxy) is 2. The second-order valence-electron chi connectivity index (χ2n) is 7.23. The molecule has 0 aliphatic carbocycles. The number of hydrogen-bond acceptors (Lipinski definition) is 7. The van der Waals surface area contributed by atoms with Gasteiger partial charge in [-0.3, -0.25) is 9.59 Å². The molecule has 2 aromatic rings. The number of benzene rings is 2. The van der Waals surface area contributed by atoms with Crippen molar-refractivity contribution in [1.29, 1.82) is 5.26 Å². The third-order valence-electron chi connectivity index (χ3n) is 5.21. The van der Waals surface area contributed by atoms with Gasteiger partial charge in [0.2, 0.25) is 15.9 Å². The van der Waals surface area contributed by atoms with Crippen LogP contribution in [0.1, 0.15) is 17.5 Å². The fourth-order valence-corrected chi connectivity index (χ4v) is 5.00. The van der Waals surface area contributed by atoms with E-state index < -0.39 is 34.2 Å². The Balaban J connectivity index is 2.00. The molecule has 0 radical (unpaired) electrons. The van der Waals surface area contributed by atoms with Crippen LogP contribution in [0.25, 0.3) is 0 Å². The first-order valence-electron chi connectivity index (χ1n) is 9.74. The van der Waals surface area contributed by atoms with Gasteiger partial charge >= 0.3 is 0 Å². The Kier molecular flexibility index (Phi) is 7.06. The van der Waals surface area contributed by atoms with Crippen LogP contribution in [0.4, 0.5) is 5.69 Å². The van der Waals surface area contributed by atoms with Gasteiger partial charge in [0, 0.05) is 14.2 Å². The molecular formula is C22H23N3O6S. The summed E-state index contributed by atoms with van der Waals surface area (Å²) in [6.07, 6.45) is -1.27. The van der Waals surface area contributed by atoms with E-state index in [0.717, 1.165) is 14.8 Å². The number of carbonyl (C=O) groups is 2. The minimum absolute atomic E-state index is 0.00821. The SMILES string of the molecule is COC(CN(C1CC(=O)N(c2ccc(C#N)cc2)C1=O)S(=O)(=O)c1ccc(C)cc1)OC. The maximum absolute atomic E-state index is 13.5. The molecule has 9 nitrogen and oxygen atoms in total. The summed E-state index contributed by atoms with van der Waals surface area (Å²) in [5.41, 5.74) is 1.52. The highest BCUT2D eigenvalue weighted by Gasteiger charge is 2.47. The number of nitriles is 1. The second kappa shape index (κ2) is 9.58. The predicted octanol–water partition coefficient (Wildman–Crippen LogP) is 1.81. The fourth-order valence-electron chi connectivity index (χ4n) is 3.43. The molecule has 1 atom stereocenters. The number of sulfonamides is 1. The van der Waals surface area contributed by atoms with E-state index in [1.54, 1.807) is 12.1 Å². The highest BCUT2D eigenvalue weighted by molar-refractivity contribution is 7.89. The monoisotopic (exact) mass is 457 g/mol. The van der Waals surface area contributed by atoms with Gasteiger partial charge < -0.3 is 9.47 Å². The first-order chi connectivity index (χ1) is 15.2. The van der Waals surface area contributed by atoms with Crippen molar-refractivity contribution in [2.75, 3.05) is 25.7 Å². The summed E-state index contributed by atoms with van der Waals surface area (Å²) in [5.74, 6) is -1.22. The molecule has 3 rings (SSSR count). The lowest BCUT2D eigenvalue weighted by molar-refractivity contribution is -0.125. The normalized spacial score (nSPS) is 16.8. The highest BCUT2D eigenvalue weighted by atomic mass is 32.2. The molecule has 1 saturated heterocycles. The Morgan fingerprint density at radius 1 is 1.09 bits per heavy atom. The molecule has 10 heteroatoms. The molecule has 2 aromatic carbocycles. The van der Waals surface area contributed by atoms with E-state index in [9.17, 15) is 18.0 Å². The Labute approximate surface area is 186 Å². The maximum Gasteiger partial charge on any atom is 0.252 e. The zero-order valence-corrected chi connectivity index (χ0v) is 18.7. The first kappa shape index (κ1) is 23.6. The van der Waals surface area contributed by atoms with Crippen molar-refractivity contribution in [3.8, 4) is 6.07 Å². The number of anilines is 1. The average Bonchev–Trinajstić information content (AvgIpc) is 3.08. The average molecular weight is 458 g/mol. The van der Waals surface area contributed by atoms with Gasteiger partial charge in [-0.2, -0.15) is 9.57 Å². The Morgan fingerprint density at radius 2 is 1.69 bits per heavy atom. The van der Waals surface area contributed by atoms with Crippen molar-refractivity contribution in [2.24, 2.45) is 0 Å². The molecule has 0 bridgehead atoms. The lowest BCUT2D eigenvalue weighted by Gasteiger charge is -2.29. The second-order valence-corrected chi connectivity index (χ2v) is 9.13. The lowest BCUT2D eigenvalue weighted by Crippen LogP contribution is -2.49. The van der Waals surface area contributed by atoms with Crippen LogP contribution in [0.3, 0.4) is 0 Å². The van der Waals surface area contributed by atoms with Crippen LogP contribution in [0.2, 0.25) is 0 Å². The Bertz CT molecular complexity index is 1140. The molecule has 1 heterocycles. The van der Waals surface area contributed by atoms with Crippen LogP contribution in [-0.4, -0.2) is 57.6 Å². The molecule has 1 unspecified atom stereocenters. The Hall–Kier alpha value is -3.10. The number of rotatable bonds is 8. The van der Waals surface area contributed by atoms with E-state index in [4.69, 9.17) is 14.7 Å². The van der Waals surface area contributed by atoms with Crippen LogP contribution in [0.5, 0.6) is 0 Å². The lowest BCUT2D eigenvalue weighted by atomic mass is 10.2.